The van der Waals surface area contributed by atoms with Gasteiger partial charge in [0.2, 0.25) is 10.0 Å². The van der Waals surface area contributed by atoms with Gasteiger partial charge in [-0.1, -0.05) is 0 Å². The van der Waals surface area contributed by atoms with E-state index in [4.69, 9.17) is 14.9 Å². The summed E-state index contributed by atoms with van der Waals surface area (Å²) in [6.07, 6.45) is 1.98. The van der Waals surface area contributed by atoms with Crippen molar-refractivity contribution in [2.45, 2.75) is 30.3 Å². The summed E-state index contributed by atoms with van der Waals surface area (Å²) in [6, 6.07) is 3.88. The monoisotopic (exact) mass is 358 g/mol. The second-order valence-electron chi connectivity index (χ2n) is 5.51. The van der Waals surface area contributed by atoms with Gasteiger partial charge in [-0.15, -0.1) is 0 Å². The van der Waals surface area contributed by atoms with E-state index in [1.54, 1.807) is 0 Å². The first-order valence-electron chi connectivity index (χ1n) is 7.77. The Morgan fingerprint density at radius 3 is 2.79 bits per heavy atom. The molecule has 0 amide bonds. The van der Waals surface area contributed by atoms with Gasteiger partial charge >= 0.3 is 5.97 Å². The second kappa shape index (κ2) is 8.43. The molecule has 0 aliphatic carbocycles. The van der Waals surface area contributed by atoms with Crippen molar-refractivity contribution >= 4 is 21.7 Å². The van der Waals surface area contributed by atoms with Crippen LogP contribution < -0.4 is 10.0 Å². The maximum Gasteiger partial charge on any atom is 0.335 e. The molecular weight excluding hydrogens is 336 g/mol. The lowest BCUT2D eigenvalue weighted by Gasteiger charge is -2.15. The predicted molar refractivity (Wildman–Crippen MR) is 87.8 cm³/mol. The summed E-state index contributed by atoms with van der Waals surface area (Å²) < 4.78 is 33.0. The normalized spacial score (nSPS) is 17.8. The van der Waals surface area contributed by atoms with Crippen LogP contribution in [0.3, 0.4) is 0 Å². The van der Waals surface area contributed by atoms with E-state index >= 15 is 0 Å². The molecule has 134 valence electrons. The molecule has 2 rings (SSSR count). The maximum absolute atomic E-state index is 12.6. The molecule has 1 aromatic carbocycles. The lowest BCUT2D eigenvalue weighted by atomic mass is 10.2. The van der Waals surface area contributed by atoms with Gasteiger partial charge in [0.05, 0.1) is 17.4 Å². The molecule has 0 saturated carbocycles. The number of hydrogen-bond donors (Lipinski definition) is 4. The van der Waals surface area contributed by atoms with Gasteiger partial charge in [0.1, 0.15) is 4.90 Å². The summed E-state index contributed by atoms with van der Waals surface area (Å²) in [7, 11) is -3.89. The molecule has 8 nitrogen and oxygen atoms in total. The van der Waals surface area contributed by atoms with E-state index in [9.17, 15) is 13.2 Å². The van der Waals surface area contributed by atoms with Gasteiger partial charge in [0, 0.05) is 26.3 Å². The fraction of sp³-hybridized carbons (Fsp3) is 0.533. The molecule has 0 aromatic heterocycles. The number of aliphatic hydroxyl groups excluding tert-OH is 1. The number of nitrogens with one attached hydrogen (secondary N) is 2. The van der Waals surface area contributed by atoms with Crippen molar-refractivity contribution in [2.24, 2.45) is 0 Å². The molecule has 0 spiro atoms. The van der Waals surface area contributed by atoms with E-state index in [2.05, 4.69) is 10.0 Å². The highest BCUT2D eigenvalue weighted by molar-refractivity contribution is 7.89. The highest BCUT2D eigenvalue weighted by Gasteiger charge is 2.23. The first-order chi connectivity index (χ1) is 11.4. The molecule has 1 aromatic rings. The number of anilines is 1. The van der Waals surface area contributed by atoms with Crippen molar-refractivity contribution in [3.63, 3.8) is 0 Å². The SMILES string of the molecule is O=C(O)c1ccc(NCCCO)c(S(=O)(=O)NC[C@H]2CCCO2)c1. The van der Waals surface area contributed by atoms with E-state index < -0.39 is 16.0 Å². The Morgan fingerprint density at radius 1 is 1.38 bits per heavy atom. The molecule has 1 fully saturated rings. The van der Waals surface area contributed by atoms with Crippen LogP contribution in [0.2, 0.25) is 0 Å². The molecule has 0 radical (unpaired) electrons. The van der Waals surface area contributed by atoms with Gasteiger partial charge in [0.25, 0.3) is 0 Å². The molecule has 1 atom stereocenters. The zero-order valence-electron chi connectivity index (χ0n) is 13.2. The lowest BCUT2D eigenvalue weighted by Crippen LogP contribution is -2.32. The number of rotatable bonds is 9. The molecule has 1 aliphatic rings. The van der Waals surface area contributed by atoms with Crippen LogP contribution in [0.15, 0.2) is 23.1 Å². The van der Waals surface area contributed by atoms with Crippen molar-refractivity contribution in [1.29, 1.82) is 0 Å². The van der Waals surface area contributed by atoms with Crippen LogP contribution >= 0.6 is 0 Å². The summed E-state index contributed by atoms with van der Waals surface area (Å²) in [4.78, 5) is 11.0. The Labute approximate surface area is 140 Å². The molecule has 9 heteroatoms. The van der Waals surface area contributed by atoms with Crippen LogP contribution in [0.5, 0.6) is 0 Å². The van der Waals surface area contributed by atoms with Crippen molar-refractivity contribution in [1.82, 2.24) is 4.72 Å². The summed E-state index contributed by atoms with van der Waals surface area (Å²) in [5, 5.41) is 20.8. The third-order valence-corrected chi connectivity index (χ3v) is 5.16. The van der Waals surface area contributed by atoms with E-state index in [1.807, 2.05) is 0 Å². The molecule has 4 N–H and O–H groups in total. The number of carboxylic acids is 1. The van der Waals surface area contributed by atoms with Crippen molar-refractivity contribution in [3.05, 3.63) is 23.8 Å². The summed E-state index contributed by atoms with van der Waals surface area (Å²) in [5.74, 6) is -1.20. The standard InChI is InChI=1S/C15H22N2O6S/c18-7-2-6-16-13-5-4-11(15(19)20)9-14(13)24(21,22)17-10-12-3-1-8-23-12/h4-5,9,12,16-18H,1-3,6-8,10H2,(H,19,20)/t12-/m1/s1. The third kappa shape index (κ3) is 4.91. The summed E-state index contributed by atoms with van der Waals surface area (Å²) >= 11 is 0. The van der Waals surface area contributed by atoms with Gasteiger partial charge in [0.15, 0.2) is 0 Å². The highest BCUT2D eigenvalue weighted by Crippen LogP contribution is 2.23. The Kier molecular flexibility index (Phi) is 6.55. The van der Waals surface area contributed by atoms with E-state index in [0.717, 1.165) is 18.9 Å². The van der Waals surface area contributed by atoms with Gasteiger partial charge in [-0.3, -0.25) is 0 Å². The minimum absolute atomic E-state index is 0.0282. The highest BCUT2D eigenvalue weighted by atomic mass is 32.2. The average molecular weight is 358 g/mol. The Bertz CT molecular complexity index is 671. The maximum atomic E-state index is 12.6. The number of aromatic carboxylic acids is 1. The van der Waals surface area contributed by atoms with E-state index in [1.165, 1.54) is 12.1 Å². The van der Waals surface area contributed by atoms with Crippen molar-refractivity contribution in [2.75, 3.05) is 31.6 Å². The van der Waals surface area contributed by atoms with Crippen LogP contribution in [0.1, 0.15) is 29.6 Å². The zero-order valence-corrected chi connectivity index (χ0v) is 14.0. The first-order valence-corrected chi connectivity index (χ1v) is 9.25. The quantitative estimate of drug-likeness (QED) is 0.477. The zero-order chi connectivity index (χ0) is 17.6. The number of aliphatic hydroxyl groups is 1. The summed E-state index contributed by atoms with van der Waals surface area (Å²) in [6.45, 7) is 1.11. The van der Waals surface area contributed by atoms with Crippen LogP contribution in [-0.4, -0.2) is 57.0 Å². The van der Waals surface area contributed by atoms with Gasteiger partial charge in [-0.25, -0.2) is 17.9 Å². The molecule has 1 heterocycles. The third-order valence-electron chi connectivity index (χ3n) is 3.69. The van der Waals surface area contributed by atoms with Crippen LogP contribution in [0, 0.1) is 0 Å². The lowest BCUT2D eigenvalue weighted by molar-refractivity contribution is 0.0696. The Balaban J connectivity index is 2.21. The molecule has 1 aliphatic heterocycles. The fourth-order valence-electron chi connectivity index (χ4n) is 2.41. The first kappa shape index (κ1) is 18.7. The largest absolute Gasteiger partial charge is 0.478 e. The van der Waals surface area contributed by atoms with Crippen LogP contribution in [0.4, 0.5) is 5.69 Å². The Morgan fingerprint density at radius 2 is 2.17 bits per heavy atom. The number of benzene rings is 1. The molecule has 0 bridgehead atoms. The average Bonchev–Trinajstić information content (AvgIpc) is 3.07. The van der Waals surface area contributed by atoms with Crippen molar-refractivity contribution < 1.29 is 28.2 Å². The molecule has 1 saturated heterocycles. The Hall–Kier alpha value is -1.68. The molecule has 0 unspecified atom stereocenters. The number of carboxylic acid groups (broad SMARTS) is 1. The van der Waals surface area contributed by atoms with E-state index in [0.29, 0.717) is 25.3 Å². The smallest absolute Gasteiger partial charge is 0.335 e. The molecule has 24 heavy (non-hydrogen) atoms. The van der Waals surface area contributed by atoms with Gasteiger partial charge < -0.3 is 20.3 Å². The number of hydrogen-bond acceptors (Lipinski definition) is 6. The fourth-order valence-corrected chi connectivity index (χ4v) is 3.68. The second-order valence-corrected chi connectivity index (χ2v) is 7.24. The van der Waals surface area contributed by atoms with Gasteiger partial charge in [-0.05, 0) is 37.5 Å². The number of ether oxygens (including phenoxy) is 1. The topological polar surface area (TPSA) is 125 Å². The predicted octanol–water partition coefficient (Wildman–Crippen LogP) is 0.636. The van der Waals surface area contributed by atoms with Crippen LogP contribution in [0.25, 0.3) is 0 Å². The number of sulfonamides is 1. The van der Waals surface area contributed by atoms with Crippen LogP contribution in [-0.2, 0) is 14.8 Å². The minimum atomic E-state index is -3.89. The molecular formula is C15H22N2O6S. The van der Waals surface area contributed by atoms with Gasteiger partial charge in [-0.2, -0.15) is 0 Å². The summed E-state index contributed by atoms with van der Waals surface area (Å²) in [5.41, 5.74) is 0.188. The van der Waals surface area contributed by atoms with Crippen molar-refractivity contribution in [3.8, 4) is 0 Å². The minimum Gasteiger partial charge on any atom is -0.478 e. The van der Waals surface area contributed by atoms with E-state index in [-0.39, 0.29) is 29.7 Å². The number of carbonyl (C=O) groups is 1.